The van der Waals surface area contributed by atoms with Gasteiger partial charge in [-0.25, -0.2) is 0 Å². The summed E-state index contributed by atoms with van der Waals surface area (Å²) < 4.78 is 5.52. The van der Waals surface area contributed by atoms with Crippen LogP contribution < -0.4 is 20.7 Å². The second-order valence-electron chi connectivity index (χ2n) is 5.57. The quantitative estimate of drug-likeness (QED) is 0.866. The highest BCUT2D eigenvalue weighted by molar-refractivity contribution is 5.77. The fourth-order valence-corrected chi connectivity index (χ4v) is 2.97. The number of nitrogens with zero attached hydrogens (tertiary/aromatic N) is 1. The van der Waals surface area contributed by atoms with Crippen LogP contribution in [0, 0.1) is 5.92 Å². The fraction of sp³-hybridized carbons (Fsp3) is 0.562. The molecule has 1 aromatic carbocycles. The molecule has 1 heterocycles. The molecule has 1 unspecified atom stereocenters. The molecule has 1 fully saturated rings. The van der Waals surface area contributed by atoms with E-state index in [0.717, 1.165) is 31.7 Å². The van der Waals surface area contributed by atoms with Crippen LogP contribution in [0.15, 0.2) is 18.2 Å². The van der Waals surface area contributed by atoms with E-state index in [4.69, 9.17) is 10.5 Å². The van der Waals surface area contributed by atoms with Crippen LogP contribution in [-0.4, -0.2) is 33.2 Å². The van der Waals surface area contributed by atoms with Crippen molar-refractivity contribution < 1.29 is 9.53 Å². The Morgan fingerprint density at radius 1 is 1.43 bits per heavy atom. The van der Waals surface area contributed by atoms with Crippen LogP contribution >= 0.6 is 0 Å². The lowest BCUT2D eigenvalue weighted by atomic mass is 9.94. The van der Waals surface area contributed by atoms with E-state index in [0.29, 0.717) is 0 Å². The lowest BCUT2D eigenvalue weighted by Gasteiger charge is -2.35. The monoisotopic (exact) mass is 291 g/mol. The Morgan fingerprint density at radius 2 is 2.10 bits per heavy atom. The summed E-state index contributed by atoms with van der Waals surface area (Å²) in [6, 6.07) is 6.32. The maximum atomic E-state index is 11.3. The first-order valence-corrected chi connectivity index (χ1v) is 7.47. The Hall–Kier alpha value is -1.75. The fourth-order valence-electron chi connectivity index (χ4n) is 2.97. The molecule has 0 bridgehead atoms. The highest BCUT2D eigenvalue weighted by Gasteiger charge is 2.26. The van der Waals surface area contributed by atoms with Crippen molar-refractivity contribution in [2.24, 2.45) is 11.7 Å². The summed E-state index contributed by atoms with van der Waals surface area (Å²) in [7, 11) is 3.64. The number of carbonyl (C=O) groups excluding carboxylic acids is 1. The van der Waals surface area contributed by atoms with Crippen molar-refractivity contribution >= 4 is 11.6 Å². The minimum Gasteiger partial charge on any atom is -0.496 e. The number of anilines is 1. The zero-order valence-electron chi connectivity index (χ0n) is 13.1. The molecule has 0 aromatic heterocycles. The van der Waals surface area contributed by atoms with Gasteiger partial charge in [0.2, 0.25) is 5.91 Å². The molecule has 5 heteroatoms. The molecule has 0 spiro atoms. The molecule has 116 valence electrons. The molecule has 0 aliphatic carbocycles. The maximum absolute atomic E-state index is 11.3. The minimum absolute atomic E-state index is 0.0111. The molecule has 1 aliphatic rings. The van der Waals surface area contributed by atoms with Crippen LogP contribution in [-0.2, 0) is 4.79 Å². The predicted molar refractivity (Wildman–Crippen MR) is 84.6 cm³/mol. The zero-order valence-corrected chi connectivity index (χ0v) is 13.1. The number of primary amides is 1. The van der Waals surface area contributed by atoms with Crippen molar-refractivity contribution in [3.05, 3.63) is 23.8 Å². The Morgan fingerprint density at radius 3 is 2.62 bits per heavy atom. The van der Waals surface area contributed by atoms with Crippen LogP contribution in [0.1, 0.15) is 31.4 Å². The van der Waals surface area contributed by atoms with E-state index in [9.17, 15) is 4.79 Å². The van der Waals surface area contributed by atoms with Crippen molar-refractivity contribution in [1.82, 2.24) is 5.32 Å². The number of rotatable bonds is 5. The van der Waals surface area contributed by atoms with Gasteiger partial charge >= 0.3 is 0 Å². The predicted octanol–water partition coefficient (Wildman–Crippen LogP) is 1.68. The van der Waals surface area contributed by atoms with Crippen LogP contribution in [0.2, 0.25) is 0 Å². The maximum Gasteiger partial charge on any atom is 0.220 e. The molecule has 1 saturated heterocycles. The number of hydrogen-bond donors (Lipinski definition) is 2. The lowest BCUT2D eigenvalue weighted by Crippen LogP contribution is -2.39. The van der Waals surface area contributed by atoms with Gasteiger partial charge in [-0.1, -0.05) is 6.07 Å². The van der Waals surface area contributed by atoms with Gasteiger partial charge in [-0.3, -0.25) is 4.79 Å². The summed E-state index contributed by atoms with van der Waals surface area (Å²) in [5.41, 5.74) is 7.76. The highest BCUT2D eigenvalue weighted by Crippen LogP contribution is 2.36. The number of methoxy groups -OCH3 is 1. The van der Waals surface area contributed by atoms with E-state index in [1.807, 2.05) is 19.2 Å². The number of hydrogen-bond acceptors (Lipinski definition) is 4. The van der Waals surface area contributed by atoms with Gasteiger partial charge in [0.25, 0.3) is 0 Å². The van der Waals surface area contributed by atoms with Crippen molar-refractivity contribution in [2.75, 3.05) is 32.1 Å². The second-order valence-corrected chi connectivity index (χ2v) is 5.57. The van der Waals surface area contributed by atoms with Crippen molar-refractivity contribution in [3.63, 3.8) is 0 Å². The lowest BCUT2D eigenvalue weighted by molar-refractivity contribution is -0.122. The van der Waals surface area contributed by atoms with E-state index in [1.165, 1.54) is 11.3 Å². The Balaban J connectivity index is 2.26. The largest absolute Gasteiger partial charge is 0.496 e. The molecule has 1 amide bonds. The van der Waals surface area contributed by atoms with E-state index in [1.54, 1.807) is 7.11 Å². The molecule has 5 nitrogen and oxygen atoms in total. The van der Waals surface area contributed by atoms with E-state index in [2.05, 4.69) is 23.2 Å². The molecule has 3 N–H and O–H groups in total. The second kappa shape index (κ2) is 6.80. The third-order valence-electron chi connectivity index (χ3n) is 4.37. The molecular weight excluding hydrogens is 266 g/mol. The van der Waals surface area contributed by atoms with Gasteiger partial charge in [-0.05, 0) is 38.9 Å². The number of benzene rings is 1. The number of amides is 1. The van der Waals surface area contributed by atoms with Crippen molar-refractivity contribution in [1.29, 1.82) is 0 Å². The first-order valence-electron chi connectivity index (χ1n) is 7.47. The summed E-state index contributed by atoms with van der Waals surface area (Å²) in [6.07, 6.45) is 1.64. The summed E-state index contributed by atoms with van der Waals surface area (Å²) >= 11 is 0. The van der Waals surface area contributed by atoms with Crippen LogP contribution in [0.5, 0.6) is 5.75 Å². The normalized spacial score (nSPS) is 17.6. The standard InChI is InChI=1S/C16H25N3O2/c1-11(18-2)15-13(5-4-6-14(15)21-3)19-9-7-12(8-10-19)16(17)20/h4-6,11-12,18H,7-10H2,1-3H3,(H2,17,20). The summed E-state index contributed by atoms with van der Waals surface area (Å²) in [5.74, 6) is 0.729. The van der Waals surface area contributed by atoms with Gasteiger partial charge < -0.3 is 20.7 Å². The van der Waals surface area contributed by atoms with Gasteiger partial charge in [0, 0.05) is 36.3 Å². The highest BCUT2D eigenvalue weighted by atomic mass is 16.5. The van der Waals surface area contributed by atoms with Gasteiger partial charge in [0.05, 0.1) is 7.11 Å². The number of nitrogens with one attached hydrogen (secondary N) is 1. The Labute approximate surface area is 126 Å². The Kier molecular flexibility index (Phi) is 5.07. The summed E-state index contributed by atoms with van der Waals surface area (Å²) in [4.78, 5) is 13.6. The SMILES string of the molecule is CNC(C)c1c(OC)cccc1N1CCC(C(N)=O)CC1. The molecule has 0 saturated carbocycles. The molecule has 2 rings (SSSR count). The molecule has 1 aromatic rings. The van der Waals surface area contributed by atoms with Gasteiger partial charge in [-0.2, -0.15) is 0 Å². The molecule has 1 aliphatic heterocycles. The number of nitrogens with two attached hydrogens (primary N) is 1. The van der Waals surface area contributed by atoms with Crippen LogP contribution in [0.4, 0.5) is 5.69 Å². The van der Waals surface area contributed by atoms with E-state index >= 15 is 0 Å². The molecule has 21 heavy (non-hydrogen) atoms. The topological polar surface area (TPSA) is 67.6 Å². The van der Waals surface area contributed by atoms with Crippen molar-refractivity contribution in [2.45, 2.75) is 25.8 Å². The third-order valence-corrected chi connectivity index (χ3v) is 4.37. The van der Waals surface area contributed by atoms with E-state index in [-0.39, 0.29) is 17.9 Å². The zero-order chi connectivity index (χ0) is 15.4. The average molecular weight is 291 g/mol. The summed E-state index contributed by atoms with van der Waals surface area (Å²) in [5, 5.41) is 3.28. The van der Waals surface area contributed by atoms with Gasteiger partial charge in [0.15, 0.2) is 0 Å². The third kappa shape index (κ3) is 3.29. The number of carbonyl (C=O) groups is 1. The first-order chi connectivity index (χ1) is 10.1. The Bertz CT molecular complexity index is 496. The van der Waals surface area contributed by atoms with Crippen molar-refractivity contribution in [3.8, 4) is 5.75 Å². The molecular formula is C16H25N3O2. The molecule has 1 atom stereocenters. The first kappa shape index (κ1) is 15.6. The average Bonchev–Trinajstić information content (AvgIpc) is 2.53. The number of ether oxygens (including phenoxy) is 1. The van der Waals surface area contributed by atoms with Crippen LogP contribution in [0.3, 0.4) is 0 Å². The van der Waals surface area contributed by atoms with Gasteiger partial charge in [0.1, 0.15) is 5.75 Å². The van der Waals surface area contributed by atoms with E-state index < -0.39 is 0 Å². The minimum atomic E-state index is -0.177. The number of piperidine rings is 1. The summed E-state index contributed by atoms with van der Waals surface area (Å²) in [6.45, 7) is 3.83. The molecule has 0 radical (unpaired) electrons. The van der Waals surface area contributed by atoms with Crippen LogP contribution in [0.25, 0.3) is 0 Å². The smallest absolute Gasteiger partial charge is 0.220 e. The van der Waals surface area contributed by atoms with Gasteiger partial charge in [-0.15, -0.1) is 0 Å².